The van der Waals surface area contributed by atoms with Crippen LogP contribution in [0.15, 0.2) is 47.4 Å². The summed E-state index contributed by atoms with van der Waals surface area (Å²) in [6.45, 7) is 2.63. The van der Waals surface area contributed by atoms with Crippen molar-refractivity contribution in [3.05, 3.63) is 58.5 Å². The molecule has 2 rings (SSSR count). The zero-order valence-electron chi connectivity index (χ0n) is 11.5. The van der Waals surface area contributed by atoms with Crippen LogP contribution in [-0.2, 0) is 0 Å². The van der Waals surface area contributed by atoms with Gasteiger partial charge in [0.1, 0.15) is 5.56 Å². The van der Waals surface area contributed by atoms with Crippen molar-refractivity contribution in [2.24, 2.45) is 0 Å². The molecule has 0 unspecified atom stereocenters. The van der Waals surface area contributed by atoms with Crippen molar-refractivity contribution in [3.63, 3.8) is 0 Å². The van der Waals surface area contributed by atoms with Gasteiger partial charge in [0.25, 0.3) is 11.5 Å². The summed E-state index contributed by atoms with van der Waals surface area (Å²) >= 11 is 0. The number of carbonyl (C=O) groups excluding carboxylic acids is 1. The molecule has 20 heavy (non-hydrogen) atoms. The number of hydrogen-bond donors (Lipinski definition) is 2. The quantitative estimate of drug-likeness (QED) is 0.820. The minimum atomic E-state index is -0.361. The number of unbranched alkanes of at least 4 members (excludes halogenated alkanes) is 1. The lowest BCUT2D eigenvalue weighted by molar-refractivity contribution is 0.0952. The molecule has 0 fully saturated rings. The van der Waals surface area contributed by atoms with Crippen LogP contribution < -0.4 is 10.9 Å². The smallest absolute Gasteiger partial charge is 0.261 e. The Morgan fingerprint density at radius 2 is 1.95 bits per heavy atom. The molecule has 1 aromatic carbocycles. The Morgan fingerprint density at radius 3 is 2.65 bits per heavy atom. The van der Waals surface area contributed by atoms with Gasteiger partial charge in [-0.05, 0) is 18.1 Å². The fraction of sp³-hybridized carbons (Fsp3) is 0.250. The van der Waals surface area contributed by atoms with Crippen molar-refractivity contribution in [1.82, 2.24) is 10.3 Å². The van der Waals surface area contributed by atoms with Gasteiger partial charge < -0.3 is 10.3 Å². The van der Waals surface area contributed by atoms with Crippen molar-refractivity contribution < 1.29 is 4.79 Å². The van der Waals surface area contributed by atoms with Crippen LogP contribution in [0.25, 0.3) is 11.1 Å². The molecule has 0 aliphatic carbocycles. The number of H-pyrrole nitrogens is 1. The number of pyridine rings is 1. The molecular formula is C16H18N2O2. The molecule has 0 aliphatic rings. The molecule has 4 nitrogen and oxygen atoms in total. The summed E-state index contributed by atoms with van der Waals surface area (Å²) in [4.78, 5) is 26.7. The summed E-state index contributed by atoms with van der Waals surface area (Å²) in [5.74, 6) is -0.320. The van der Waals surface area contributed by atoms with E-state index in [2.05, 4.69) is 17.2 Å². The molecule has 1 heterocycles. The Hall–Kier alpha value is -2.36. The van der Waals surface area contributed by atoms with Crippen LogP contribution in [0.3, 0.4) is 0 Å². The van der Waals surface area contributed by atoms with Gasteiger partial charge in [0, 0.05) is 18.3 Å². The zero-order valence-corrected chi connectivity index (χ0v) is 11.5. The predicted molar refractivity (Wildman–Crippen MR) is 79.7 cm³/mol. The van der Waals surface area contributed by atoms with E-state index in [0.29, 0.717) is 12.1 Å². The van der Waals surface area contributed by atoms with Crippen molar-refractivity contribution in [2.45, 2.75) is 19.8 Å². The standard InChI is InChI=1S/C16H18N2O2/c1-2-3-10-17-15(19)14-13(9-11-18-16(14)20)12-7-5-4-6-8-12/h4-9,11H,2-3,10H2,1H3,(H,17,19)(H,18,20). The Balaban J connectivity index is 2.37. The first-order valence-electron chi connectivity index (χ1n) is 6.79. The number of rotatable bonds is 5. The van der Waals surface area contributed by atoms with Crippen molar-refractivity contribution in [3.8, 4) is 11.1 Å². The molecule has 0 spiro atoms. The first-order valence-corrected chi connectivity index (χ1v) is 6.79. The van der Waals surface area contributed by atoms with Gasteiger partial charge in [0.15, 0.2) is 0 Å². The molecule has 0 bridgehead atoms. The summed E-state index contributed by atoms with van der Waals surface area (Å²) in [6.07, 6.45) is 3.46. The Bertz CT molecular complexity index is 632. The third-order valence-corrected chi connectivity index (χ3v) is 3.09. The Kier molecular flexibility index (Phi) is 4.71. The van der Waals surface area contributed by atoms with Gasteiger partial charge in [-0.2, -0.15) is 0 Å². The topological polar surface area (TPSA) is 62.0 Å². The number of hydrogen-bond acceptors (Lipinski definition) is 2. The molecule has 2 aromatic rings. The zero-order chi connectivity index (χ0) is 14.4. The van der Waals surface area contributed by atoms with Gasteiger partial charge in [0.05, 0.1) is 0 Å². The van der Waals surface area contributed by atoms with Crippen LogP contribution in [0.2, 0.25) is 0 Å². The van der Waals surface area contributed by atoms with Gasteiger partial charge in [-0.3, -0.25) is 9.59 Å². The number of benzene rings is 1. The molecule has 4 heteroatoms. The van der Waals surface area contributed by atoms with E-state index in [0.717, 1.165) is 18.4 Å². The van der Waals surface area contributed by atoms with Gasteiger partial charge >= 0.3 is 0 Å². The van der Waals surface area contributed by atoms with Crippen LogP contribution >= 0.6 is 0 Å². The van der Waals surface area contributed by atoms with E-state index in [1.807, 2.05) is 30.3 Å². The summed E-state index contributed by atoms with van der Waals surface area (Å²) < 4.78 is 0. The SMILES string of the molecule is CCCCNC(=O)c1c(-c2ccccc2)cc[nH]c1=O. The highest BCUT2D eigenvalue weighted by molar-refractivity contribution is 6.00. The summed E-state index contributed by atoms with van der Waals surface area (Å²) in [7, 11) is 0. The van der Waals surface area contributed by atoms with E-state index in [1.165, 1.54) is 0 Å². The second-order valence-electron chi connectivity index (χ2n) is 4.57. The molecule has 0 aliphatic heterocycles. The van der Waals surface area contributed by atoms with E-state index < -0.39 is 0 Å². The molecule has 0 atom stereocenters. The monoisotopic (exact) mass is 270 g/mol. The maximum absolute atomic E-state index is 12.2. The van der Waals surface area contributed by atoms with Crippen LogP contribution in [-0.4, -0.2) is 17.4 Å². The molecule has 0 saturated heterocycles. The minimum absolute atomic E-state index is 0.176. The van der Waals surface area contributed by atoms with Crippen molar-refractivity contribution in [2.75, 3.05) is 6.54 Å². The largest absolute Gasteiger partial charge is 0.352 e. The van der Waals surface area contributed by atoms with Gasteiger partial charge in [-0.25, -0.2) is 0 Å². The highest BCUT2D eigenvalue weighted by Gasteiger charge is 2.16. The van der Waals surface area contributed by atoms with Crippen LogP contribution in [0.4, 0.5) is 0 Å². The fourth-order valence-corrected chi connectivity index (χ4v) is 2.03. The number of aromatic nitrogens is 1. The highest BCUT2D eigenvalue weighted by Crippen LogP contribution is 2.20. The second kappa shape index (κ2) is 6.70. The second-order valence-corrected chi connectivity index (χ2v) is 4.57. The fourth-order valence-electron chi connectivity index (χ4n) is 2.03. The molecular weight excluding hydrogens is 252 g/mol. The molecule has 104 valence electrons. The van der Waals surface area contributed by atoms with E-state index in [1.54, 1.807) is 12.3 Å². The maximum atomic E-state index is 12.2. The third-order valence-electron chi connectivity index (χ3n) is 3.09. The average molecular weight is 270 g/mol. The first kappa shape index (κ1) is 14.1. The van der Waals surface area contributed by atoms with E-state index >= 15 is 0 Å². The molecule has 2 N–H and O–H groups in total. The summed E-state index contributed by atoms with van der Waals surface area (Å²) in [6, 6.07) is 11.2. The molecule has 1 aromatic heterocycles. The van der Waals surface area contributed by atoms with E-state index in [4.69, 9.17) is 0 Å². The average Bonchev–Trinajstić information content (AvgIpc) is 2.48. The molecule has 0 saturated carbocycles. The third kappa shape index (κ3) is 3.15. The Morgan fingerprint density at radius 1 is 1.20 bits per heavy atom. The lowest BCUT2D eigenvalue weighted by atomic mass is 10.0. The van der Waals surface area contributed by atoms with Gasteiger partial charge in [0.2, 0.25) is 0 Å². The predicted octanol–water partition coefficient (Wildman–Crippen LogP) is 2.57. The lowest BCUT2D eigenvalue weighted by Crippen LogP contribution is -2.30. The van der Waals surface area contributed by atoms with Gasteiger partial charge in [-0.1, -0.05) is 43.7 Å². The van der Waals surface area contributed by atoms with Crippen LogP contribution in [0.5, 0.6) is 0 Å². The lowest BCUT2D eigenvalue weighted by Gasteiger charge is -2.09. The summed E-state index contributed by atoms with van der Waals surface area (Å²) in [5, 5.41) is 2.79. The van der Waals surface area contributed by atoms with Gasteiger partial charge in [-0.15, -0.1) is 0 Å². The van der Waals surface area contributed by atoms with E-state index in [-0.39, 0.29) is 17.0 Å². The molecule has 0 radical (unpaired) electrons. The van der Waals surface area contributed by atoms with Crippen molar-refractivity contribution in [1.29, 1.82) is 0 Å². The number of amides is 1. The minimum Gasteiger partial charge on any atom is -0.352 e. The Labute approximate surface area is 117 Å². The normalized spacial score (nSPS) is 10.2. The van der Waals surface area contributed by atoms with E-state index in [9.17, 15) is 9.59 Å². The van der Waals surface area contributed by atoms with Crippen molar-refractivity contribution >= 4 is 5.91 Å². The molecule has 1 amide bonds. The number of nitrogens with one attached hydrogen (secondary N) is 2. The summed E-state index contributed by atoms with van der Waals surface area (Å²) in [5.41, 5.74) is 1.33. The number of aromatic amines is 1. The van der Waals surface area contributed by atoms with Crippen LogP contribution in [0.1, 0.15) is 30.1 Å². The first-order chi connectivity index (χ1) is 9.74. The maximum Gasteiger partial charge on any atom is 0.261 e. The highest BCUT2D eigenvalue weighted by atomic mass is 16.2. The van der Waals surface area contributed by atoms with Crippen LogP contribution in [0, 0.1) is 0 Å². The number of carbonyl (C=O) groups is 1.